The lowest BCUT2D eigenvalue weighted by Gasteiger charge is -1.92. The van der Waals surface area contributed by atoms with Crippen LogP contribution in [0.1, 0.15) is 5.69 Å². The van der Waals surface area contributed by atoms with Gasteiger partial charge in [0.1, 0.15) is 4.60 Å². The summed E-state index contributed by atoms with van der Waals surface area (Å²) in [5.74, 6) is 0. The van der Waals surface area contributed by atoms with Gasteiger partial charge in [0.05, 0.1) is 0 Å². The lowest BCUT2D eigenvalue weighted by atomic mass is 10.5. The van der Waals surface area contributed by atoms with Crippen LogP contribution in [0.15, 0.2) is 10.7 Å². The van der Waals surface area contributed by atoms with Crippen LogP contribution < -0.4 is 0 Å². The smallest absolute Gasteiger partial charge is 0.223 e. The van der Waals surface area contributed by atoms with Gasteiger partial charge in [-0.05, 0) is 40.5 Å². The monoisotopic (exact) mass is 206 g/mol. The summed E-state index contributed by atoms with van der Waals surface area (Å²) in [6.45, 7) is 1.86. The molecular formula is C5H4BrClN2. The normalized spacial score (nSPS) is 9.67. The van der Waals surface area contributed by atoms with Crippen molar-refractivity contribution in [1.29, 1.82) is 0 Å². The van der Waals surface area contributed by atoms with Crippen LogP contribution in [0, 0.1) is 6.92 Å². The molecule has 0 fully saturated rings. The van der Waals surface area contributed by atoms with Crippen LogP contribution in [0.5, 0.6) is 0 Å². The fraction of sp³-hybridized carbons (Fsp3) is 0.200. The number of nitrogens with zero attached hydrogens (tertiary/aromatic N) is 2. The van der Waals surface area contributed by atoms with Crippen molar-refractivity contribution in [2.75, 3.05) is 0 Å². The standard InChI is InChI=1S/C5H4BrClN2/c1-3-2-4(6)9-5(7)8-3/h2H,1H3. The first kappa shape index (κ1) is 6.96. The highest BCUT2D eigenvalue weighted by Gasteiger charge is 1.93. The van der Waals surface area contributed by atoms with E-state index >= 15 is 0 Å². The Kier molecular flexibility index (Phi) is 2.03. The summed E-state index contributed by atoms with van der Waals surface area (Å²) < 4.78 is 0.722. The molecule has 0 saturated heterocycles. The Balaban J connectivity index is 3.17. The third kappa shape index (κ3) is 1.91. The minimum atomic E-state index is 0.280. The molecule has 4 heteroatoms. The van der Waals surface area contributed by atoms with Gasteiger partial charge in [-0.25, -0.2) is 9.97 Å². The molecule has 0 amide bonds. The lowest BCUT2D eigenvalue weighted by molar-refractivity contribution is 1.08. The van der Waals surface area contributed by atoms with E-state index in [-0.39, 0.29) is 5.28 Å². The van der Waals surface area contributed by atoms with E-state index in [0.717, 1.165) is 10.3 Å². The largest absolute Gasteiger partial charge is 0.223 e. The third-order valence-corrected chi connectivity index (χ3v) is 1.37. The van der Waals surface area contributed by atoms with E-state index in [4.69, 9.17) is 11.6 Å². The highest BCUT2D eigenvalue weighted by atomic mass is 79.9. The molecule has 0 aliphatic carbocycles. The molecule has 0 spiro atoms. The van der Waals surface area contributed by atoms with E-state index in [1.54, 1.807) is 6.07 Å². The minimum Gasteiger partial charge on any atom is -0.223 e. The molecule has 0 aliphatic heterocycles. The number of hydrogen-bond acceptors (Lipinski definition) is 2. The topological polar surface area (TPSA) is 25.8 Å². The zero-order chi connectivity index (χ0) is 6.85. The number of aryl methyl sites for hydroxylation is 1. The first-order valence-corrected chi connectivity index (χ1v) is 3.52. The van der Waals surface area contributed by atoms with E-state index in [1.165, 1.54) is 0 Å². The fourth-order valence-electron chi connectivity index (χ4n) is 0.496. The maximum absolute atomic E-state index is 5.50. The Morgan fingerprint density at radius 2 is 2.22 bits per heavy atom. The fourth-order valence-corrected chi connectivity index (χ4v) is 1.32. The first-order valence-electron chi connectivity index (χ1n) is 2.35. The molecule has 48 valence electrons. The van der Waals surface area contributed by atoms with E-state index in [0.29, 0.717) is 0 Å². The van der Waals surface area contributed by atoms with Crippen molar-refractivity contribution >= 4 is 27.5 Å². The third-order valence-electron chi connectivity index (χ3n) is 0.796. The van der Waals surface area contributed by atoms with Gasteiger partial charge in [-0.15, -0.1) is 0 Å². The number of hydrogen-bond donors (Lipinski definition) is 0. The molecule has 2 nitrogen and oxygen atoms in total. The van der Waals surface area contributed by atoms with Crippen LogP contribution in [-0.4, -0.2) is 9.97 Å². The maximum Gasteiger partial charge on any atom is 0.223 e. The van der Waals surface area contributed by atoms with Crippen molar-refractivity contribution in [3.05, 3.63) is 21.6 Å². The van der Waals surface area contributed by atoms with Gasteiger partial charge in [0.25, 0.3) is 0 Å². The van der Waals surface area contributed by atoms with Crippen molar-refractivity contribution in [3.63, 3.8) is 0 Å². The van der Waals surface area contributed by atoms with Gasteiger partial charge in [-0.3, -0.25) is 0 Å². The summed E-state index contributed by atoms with van der Waals surface area (Å²) in [6, 6.07) is 1.80. The van der Waals surface area contributed by atoms with E-state index in [1.807, 2.05) is 6.92 Å². The Morgan fingerprint density at radius 1 is 1.56 bits per heavy atom. The van der Waals surface area contributed by atoms with E-state index in [2.05, 4.69) is 25.9 Å². The van der Waals surface area contributed by atoms with E-state index < -0.39 is 0 Å². The molecule has 0 aromatic carbocycles. The molecule has 0 unspecified atom stereocenters. The van der Waals surface area contributed by atoms with Crippen molar-refractivity contribution in [2.24, 2.45) is 0 Å². The van der Waals surface area contributed by atoms with Crippen molar-refractivity contribution in [3.8, 4) is 0 Å². The van der Waals surface area contributed by atoms with Gasteiger partial charge in [0.2, 0.25) is 5.28 Å². The van der Waals surface area contributed by atoms with Crippen LogP contribution in [0.2, 0.25) is 5.28 Å². The Morgan fingerprint density at radius 3 is 2.67 bits per heavy atom. The van der Waals surface area contributed by atoms with Crippen LogP contribution in [0.25, 0.3) is 0 Å². The zero-order valence-corrected chi connectivity index (χ0v) is 7.07. The molecule has 0 N–H and O–H groups in total. The van der Waals surface area contributed by atoms with Crippen LogP contribution in [0.4, 0.5) is 0 Å². The second kappa shape index (κ2) is 2.62. The second-order valence-corrected chi connectivity index (χ2v) is 2.75. The van der Waals surface area contributed by atoms with E-state index in [9.17, 15) is 0 Å². The van der Waals surface area contributed by atoms with Gasteiger partial charge >= 0.3 is 0 Å². The Hall–Kier alpha value is -0.150. The summed E-state index contributed by atoms with van der Waals surface area (Å²) in [5.41, 5.74) is 0.863. The first-order chi connectivity index (χ1) is 4.18. The van der Waals surface area contributed by atoms with Crippen LogP contribution >= 0.6 is 27.5 Å². The predicted molar refractivity (Wildman–Crippen MR) is 39.5 cm³/mol. The number of halogens is 2. The summed E-state index contributed by atoms with van der Waals surface area (Å²) in [4.78, 5) is 7.66. The van der Waals surface area contributed by atoms with Gasteiger partial charge in [0, 0.05) is 5.69 Å². The predicted octanol–water partition coefficient (Wildman–Crippen LogP) is 2.20. The van der Waals surface area contributed by atoms with Crippen molar-refractivity contribution in [1.82, 2.24) is 9.97 Å². The SMILES string of the molecule is Cc1cc(Br)nc(Cl)n1. The summed E-state index contributed by atoms with van der Waals surface area (Å²) >= 11 is 8.68. The molecule has 1 heterocycles. The molecule has 1 aromatic heterocycles. The summed E-state index contributed by atoms with van der Waals surface area (Å²) in [7, 11) is 0. The number of rotatable bonds is 0. The molecular weight excluding hydrogens is 203 g/mol. The average molecular weight is 207 g/mol. The van der Waals surface area contributed by atoms with Gasteiger partial charge < -0.3 is 0 Å². The van der Waals surface area contributed by atoms with Gasteiger partial charge in [0.15, 0.2) is 0 Å². The molecule has 0 bridgehead atoms. The minimum absolute atomic E-state index is 0.280. The zero-order valence-electron chi connectivity index (χ0n) is 4.73. The highest BCUT2D eigenvalue weighted by molar-refractivity contribution is 9.10. The molecule has 0 atom stereocenters. The quantitative estimate of drug-likeness (QED) is 0.481. The molecule has 0 saturated carbocycles. The van der Waals surface area contributed by atoms with Crippen molar-refractivity contribution in [2.45, 2.75) is 6.92 Å². The summed E-state index contributed by atoms with van der Waals surface area (Å²) in [6.07, 6.45) is 0. The Labute approximate surface area is 66.4 Å². The lowest BCUT2D eigenvalue weighted by Crippen LogP contribution is -1.85. The van der Waals surface area contributed by atoms with Crippen molar-refractivity contribution < 1.29 is 0 Å². The molecule has 9 heavy (non-hydrogen) atoms. The molecule has 0 aliphatic rings. The van der Waals surface area contributed by atoms with Crippen LogP contribution in [-0.2, 0) is 0 Å². The summed E-state index contributed by atoms with van der Waals surface area (Å²) in [5, 5.41) is 0.280. The number of aromatic nitrogens is 2. The van der Waals surface area contributed by atoms with Gasteiger partial charge in [-0.2, -0.15) is 0 Å². The second-order valence-electron chi connectivity index (χ2n) is 1.60. The highest BCUT2D eigenvalue weighted by Crippen LogP contribution is 2.09. The average Bonchev–Trinajstić information content (AvgIpc) is 1.59. The molecule has 1 rings (SSSR count). The maximum atomic E-state index is 5.50. The molecule has 0 radical (unpaired) electrons. The van der Waals surface area contributed by atoms with Crippen LogP contribution in [0.3, 0.4) is 0 Å². The Bertz CT molecular complexity index is 176. The molecule has 1 aromatic rings. The van der Waals surface area contributed by atoms with Gasteiger partial charge in [-0.1, -0.05) is 0 Å².